The third-order valence-electron chi connectivity index (χ3n) is 4.00. The molecule has 0 fully saturated rings. The molecule has 1 aromatic carbocycles. The Balaban J connectivity index is 1.81. The van der Waals surface area contributed by atoms with Crippen molar-refractivity contribution in [3.63, 3.8) is 0 Å². The molecular formula is C17H17N3S. The lowest BCUT2D eigenvalue weighted by molar-refractivity contribution is 0.837. The Morgan fingerprint density at radius 2 is 2.14 bits per heavy atom. The van der Waals surface area contributed by atoms with Crippen molar-refractivity contribution in [2.75, 3.05) is 11.9 Å². The van der Waals surface area contributed by atoms with E-state index in [-0.39, 0.29) is 0 Å². The Hall–Kier alpha value is -2.07. The molecule has 3 heterocycles. The van der Waals surface area contributed by atoms with Gasteiger partial charge < -0.3 is 5.32 Å². The lowest BCUT2D eigenvalue weighted by Gasteiger charge is -2.09. The third-order valence-corrected chi connectivity index (χ3v) is 4.88. The van der Waals surface area contributed by atoms with Gasteiger partial charge in [0.05, 0.1) is 11.4 Å². The second kappa shape index (κ2) is 5.04. The quantitative estimate of drug-likeness (QED) is 0.796. The van der Waals surface area contributed by atoms with Gasteiger partial charge in [-0.05, 0) is 36.4 Å². The molecule has 3 aromatic rings. The van der Waals surface area contributed by atoms with Gasteiger partial charge in [-0.15, -0.1) is 11.3 Å². The molecule has 21 heavy (non-hydrogen) atoms. The molecule has 2 aromatic heterocycles. The van der Waals surface area contributed by atoms with Gasteiger partial charge >= 0.3 is 0 Å². The maximum atomic E-state index is 4.90. The molecule has 0 spiro atoms. The zero-order valence-corrected chi connectivity index (χ0v) is 12.8. The Morgan fingerprint density at radius 1 is 1.24 bits per heavy atom. The van der Waals surface area contributed by atoms with E-state index in [1.807, 2.05) is 0 Å². The molecule has 4 heteroatoms. The summed E-state index contributed by atoms with van der Waals surface area (Å²) in [6, 6.07) is 12.7. The number of nitrogens with one attached hydrogen (secondary N) is 1. The van der Waals surface area contributed by atoms with Crippen LogP contribution in [-0.4, -0.2) is 16.3 Å². The summed E-state index contributed by atoms with van der Waals surface area (Å²) in [4.78, 5) is 1.37. The normalized spacial score (nSPS) is 13.2. The third kappa shape index (κ3) is 2.16. The molecule has 0 radical (unpaired) electrons. The summed E-state index contributed by atoms with van der Waals surface area (Å²) in [5, 5.41) is 10.5. The Bertz CT molecular complexity index is 771. The summed E-state index contributed by atoms with van der Waals surface area (Å²) in [5.41, 5.74) is 5.01. The largest absolute Gasteiger partial charge is 0.369 e. The molecule has 1 N–H and O–H groups in total. The van der Waals surface area contributed by atoms with Crippen LogP contribution >= 0.6 is 11.3 Å². The van der Waals surface area contributed by atoms with Gasteiger partial charge in [-0.1, -0.05) is 24.3 Å². The van der Waals surface area contributed by atoms with E-state index in [1.165, 1.54) is 33.2 Å². The summed E-state index contributed by atoms with van der Waals surface area (Å²) >= 11 is 1.80. The highest BCUT2D eigenvalue weighted by molar-refractivity contribution is 7.09. The summed E-state index contributed by atoms with van der Waals surface area (Å²) in [6.45, 7) is 3.15. The van der Waals surface area contributed by atoms with Crippen LogP contribution in [0.2, 0.25) is 0 Å². The van der Waals surface area contributed by atoms with Crippen LogP contribution < -0.4 is 5.32 Å². The van der Waals surface area contributed by atoms with Gasteiger partial charge in [0.2, 0.25) is 0 Å². The molecule has 1 aliphatic heterocycles. The van der Waals surface area contributed by atoms with Crippen molar-refractivity contribution in [1.82, 2.24) is 9.78 Å². The summed E-state index contributed by atoms with van der Waals surface area (Å²) < 4.78 is 2.08. The molecule has 0 bridgehead atoms. The standard InChI is InChI=1S/C17H17N3S/c1-12-5-2-3-7-16(12)20-17-14(8-9-18-17)15(19-20)11-13-6-4-10-21-13/h2-7,10,18H,8-9,11H2,1H3. The van der Waals surface area contributed by atoms with Gasteiger partial charge in [0.1, 0.15) is 5.82 Å². The van der Waals surface area contributed by atoms with Crippen LogP contribution in [0, 0.1) is 6.92 Å². The minimum absolute atomic E-state index is 0.931. The number of anilines is 1. The molecule has 0 amide bonds. The maximum Gasteiger partial charge on any atom is 0.133 e. The van der Waals surface area contributed by atoms with E-state index < -0.39 is 0 Å². The van der Waals surface area contributed by atoms with Crippen molar-refractivity contribution < 1.29 is 0 Å². The van der Waals surface area contributed by atoms with Crippen molar-refractivity contribution in [1.29, 1.82) is 0 Å². The molecule has 0 saturated heterocycles. The van der Waals surface area contributed by atoms with Crippen LogP contribution in [0.1, 0.15) is 21.7 Å². The number of rotatable bonds is 3. The lowest BCUT2D eigenvalue weighted by Crippen LogP contribution is -2.06. The minimum atomic E-state index is 0.931. The van der Waals surface area contributed by atoms with E-state index in [4.69, 9.17) is 5.10 Å². The molecular weight excluding hydrogens is 278 g/mol. The second-order valence-corrected chi connectivity index (χ2v) is 6.44. The summed E-state index contributed by atoms with van der Waals surface area (Å²) in [6.07, 6.45) is 2.00. The number of benzene rings is 1. The molecule has 4 rings (SSSR count). The molecule has 0 atom stereocenters. The second-order valence-electron chi connectivity index (χ2n) is 5.41. The topological polar surface area (TPSA) is 29.9 Å². The number of hydrogen-bond donors (Lipinski definition) is 1. The van der Waals surface area contributed by atoms with Gasteiger partial charge in [0.25, 0.3) is 0 Å². The fraction of sp³-hybridized carbons (Fsp3) is 0.235. The number of hydrogen-bond acceptors (Lipinski definition) is 3. The summed E-state index contributed by atoms with van der Waals surface area (Å²) in [5.74, 6) is 1.18. The van der Waals surface area contributed by atoms with Crippen LogP contribution in [0.25, 0.3) is 5.69 Å². The van der Waals surface area contributed by atoms with Crippen molar-refractivity contribution in [2.24, 2.45) is 0 Å². The maximum absolute atomic E-state index is 4.90. The van der Waals surface area contributed by atoms with Crippen LogP contribution in [-0.2, 0) is 12.8 Å². The van der Waals surface area contributed by atoms with E-state index >= 15 is 0 Å². The first-order valence-electron chi connectivity index (χ1n) is 7.26. The minimum Gasteiger partial charge on any atom is -0.369 e. The highest BCUT2D eigenvalue weighted by Gasteiger charge is 2.23. The first-order valence-corrected chi connectivity index (χ1v) is 8.14. The first-order chi connectivity index (χ1) is 10.3. The fourth-order valence-corrected chi connectivity index (χ4v) is 3.65. The summed E-state index contributed by atoms with van der Waals surface area (Å²) in [7, 11) is 0. The van der Waals surface area contributed by atoms with Gasteiger partial charge in [-0.25, -0.2) is 4.68 Å². The van der Waals surface area contributed by atoms with E-state index in [1.54, 1.807) is 11.3 Å². The van der Waals surface area contributed by atoms with Crippen molar-refractivity contribution in [3.05, 3.63) is 63.5 Å². The monoisotopic (exact) mass is 295 g/mol. The molecule has 0 saturated carbocycles. The van der Waals surface area contributed by atoms with E-state index in [9.17, 15) is 0 Å². The van der Waals surface area contributed by atoms with Gasteiger partial charge in [-0.3, -0.25) is 0 Å². The van der Waals surface area contributed by atoms with Crippen LogP contribution in [0.3, 0.4) is 0 Å². The number of fused-ring (bicyclic) bond motifs is 1. The van der Waals surface area contributed by atoms with Crippen LogP contribution in [0.5, 0.6) is 0 Å². The Morgan fingerprint density at radius 3 is 2.95 bits per heavy atom. The van der Waals surface area contributed by atoms with E-state index in [0.717, 1.165) is 19.4 Å². The smallest absolute Gasteiger partial charge is 0.133 e. The van der Waals surface area contributed by atoms with Gasteiger partial charge in [0, 0.05) is 23.4 Å². The predicted molar refractivity (Wildman–Crippen MR) is 87.6 cm³/mol. The number of aryl methyl sites for hydroxylation is 1. The van der Waals surface area contributed by atoms with Crippen molar-refractivity contribution in [2.45, 2.75) is 19.8 Å². The zero-order chi connectivity index (χ0) is 14.2. The van der Waals surface area contributed by atoms with Gasteiger partial charge in [0.15, 0.2) is 0 Å². The van der Waals surface area contributed by atoms with E-state index in [2.05, 4.69) is 58.7 Å². The fourth-order valence-electron chi connectivity index (χ4n) is 2.94. The first kappa shape index (κ1) is 12.7. The number of nitrogens with zero attached hydrogens (tertiary/aromatic N) is 2. The Labute approximate surface area is 128 Å². The molecule has 0 aliphatic carbocycles. The average Bonchev–Trinajstić information content (AvgIpc) is 3.19. The van der Waals surface area contributed by atoms with Crippen molar-refractivity contribution in [3.8, 4) is 5.69 Å². The average molecular weight is 295 g/mol. The SMILES string of the molecule is Cc1ccccc1-n1nc(Cc2cccs2)c2c1NCC2. The predicted octanol–water partition coefficient (Wildman–Crippen LogP) is 3.80. The van der Waals surface area contributed by atoms with Gasteiger partial charge in [-0.2, -0.15) is 5.10 Å². The molecule has 0 unspecified atom stereocenters. The number of thiophene rings is 1. The number of para-hydroxylation sites is 1. The van der Waals surface area contributed by atoms with Crippen LogP contribution in [0.4, 0.5) is 5.82 Å². The molecule has 1 aliphatic rings. The molecule has 3 nitrogen and oxygen atoms in total. The zero-order valence-electron chi connectivity index (χ0n) is 12.0. The lowest BCUT2D eigenvalue weighted by atomic mass is 10.1. The van der Waals surface area contributed by atoms with E-state index in [0.29, 0.717) is 0 Å². The highest BCUT2D eigenvalue weighted by Crippen LogP contribution is 2.31. The highest BCUT2D eigenvalue weighted by atomic mass is 32.1. The van der Waals surface area contributed by atoms with Crippen molar-refractivity contribution >= 4 is 17.2 Å². The molecule has 106 valence electrons. The Kier molecular flexibility index (Phi) is 3.04. The number of aromatic nitrogens is 2. The van der Waals surface area contributed by atoms with Crippen LogP contribution in [0.15, 0.2) is 41.8 Å².